The predicted octanol–water partition coefficient (Wildman–Crippen LogP) is 3.81. The number of pyridine rings is 1. The third kappa shape index (κ3) is 5.80. The van der Waals surface area contributed by atoms with E-state index in [4.69, 9.17) is 4.52 Å². The van der Waals surface area contributed by atoms with Gasteiger partial charge in [-0.2, -0.15) is 4.98 Å². The summed E-state index contributed by atoms with van der Waals surface area (Å²) in [6, 6.07) is 16.6. The van der Waals surface area contributed by atoms with Crippen molar-refractivity contribution in [3.05, 3.63) is 84.5 Å². The zero-order chi connectivity index (χ0) is 23.3. The molecule has 2 N–H and O–H groups in total. The summed E-state index contributed by atoms with van der Waals surface area (Å²) < 4.78 is 32.7. The van der Waals surface area contributed by atoms with Crippen LogP contribution in [0.25, 0.3) is 11.4 Å². The fourth-order valence-electron chi connectivity index (χ4n) is 2.97. The van der Waals surface area contributed by atoms with Crippen LogP contribution < -0.4 is 10.0 Å². The van der Waals surface area contributed by atoms with Crippen LogP contribution in [0.2, 0.25) is 0 Å². The van der Waals surface area contributed by atoms with Crippen molar-refractivity contribution in [2.45, 2.75) is 24.7 Å². The number of nitrogens with zero attached hydrogens (tertiary/aromatic N) is 3. The molecule has 0 unspecified atom stereocenters. The minimum absolute atomic E-state index is 0.149. The summed E-state index contributed by atoms with van der Waals surface area (Å²) in [4.78, 5) is 20.7. The van der Waals surface area contributed by atoms with Crippen molar-refractivity contribution < 1.29 is 17.7 Å². The number of hydrogen-bond acceptors (Lipinski definition) is 7. The van der Waals surface area contributed by atoms with E-state index in [1.165, 1.54) is 0 Å². The number of amides is 1. The highest BCUT2D eigenvalue weighted by Crippen LogP contribution is 2.19. The van der Waals surface area contributed by atoms with Crippen LogP contribution in [0.1, 0.15) is 17.9 Å². The molecule has 4 aromatic rings. The number of aryl methyl sites for hydroxylation is 2. The van der Waals surface area contributed by atoms with Gasteiger partial charge in [-0.15, -0.1) is 0 Å². The first-order valence-corrected chi connectivity index (χ1v) is 11.6. The van der Waals surface area contributed by atoms with Gasteiger partial charge in [-0.05, 0) is 55.5 Å². The van der Waals surface area contributed by atoms with Gasteiger partial charge in [0.2, 0.25) is 17.6 Å². The van der Waals surface area contributed by atoms with Crippen molar-refractivity contribution in [2.75, 3.05) is 10.0 Å². The van der Waals surface area contributed by atoms with Gasteiger partial charge in [-0.25, -0.2) is 8.42 Å². The Morgan fingerprint density at radius 3 is 2.42 bits per heavy atom. The Morgan fingerprint density at radius 1 is 1.00 bits per heavy atom. The molecule has 168 valence electrons. The zero-order valence-corrected chi connectivity index (χ0v) is 18.5. The Morgan fingerprint density at radius 2 is 1.73 bits per heavy atom. The fourth-order valence-corrected chi connectivity index (χ4v) is 4.02. The van der Waals surface area contributed by atoms with Gasteiger partial charge in [0.25, 0.3) is 10.0 Å². The van der Waals surface area contributed by atoms with E-state index in [0.717, 1.165) is 11.1 Å². The van der Waals surface area contributed by atoms with E-state index in [-0.39, 0.29) is 23.6 Å². The highest BCUT2D eigenvalue weighted by atomic mass is 32.2. The molecule has 0 radical (unpaired) electrons. The lowest BCUT2D eigenvalue weighted by Crippen LogP contribution is -2.14. The van der Waals surface area contributed by atoms with Crippen LogP contribution in [-0.4, -0.2) is 29.4 Å². The molecule has 2 heterocycles. The molecule has 0 aliphatic heterocycles. The third-order valence-electron chi connectivity index (χ3n) is 4.71. The van der Waals surface area contributed by atoms with Gasteiger partial charge in [-0.3, -0.25) is 14.5 Å². The maximum absolute atomic E-state index is 12.5. The van der Waals surface area contributed by atoms with Gasteiger partial charge < -0.3 is 9.84 Å². The molecule has 10 heteroatoms. The number of benzene rings is 2. The number of carbonyl (C=O) groups excluding carboxylic acids is 1. The summed E-state index contributed by atoms with van der Waals surface area (Å²) in [6.45, 7) is 1.89. The Balaban J connectivity index is 1.30. The molecule has 0 spiro atoms. The number of rotatable bonds is 8. The van der Waals surface area contributed by atoms with Gasteiger partial charge in [-0.1, -0.05) is 22.9 Å². The lowest BCUT2D eigenvalue weighted by Gasteiger charge is -2.10. The first-order chi connectivity index (χ1) is 15.9. The third-order valence-corrected chi connectivity index (χ3v) is 6.10. The molecule has 9 nitrogen and oxygen atoms in total. The molecule has 33 heavy (non-hydrogen) atoms. The molecule has 0 aliphatic rings. The fraction of sp³-hybridized carbons (Fsp3) is 0.130. The van der Waals surface area contributed by atoms with Crippen LogP contribution >= 0.6 is 0 Å². The molecule has 0 saturated carbocycles. The molecule has 1 amide bonds. The van der Waals surface area contributed by atoms with Crippen LogP contribution in [-0.2, 0) is 21.2 Å². The second kappa shape index (κ2) is 9.61. The molecule has 2 aromatic heterocycles. The van der Waals surface area contributed by atoms with Gasteiger partial charge in [0.05, 0.1) is 4.90 Å². The SMILES string of the molecule is Cc1ccc(S(=O)(=O)Nc2ccc(NC(=O)CCc3nc(-c4cccnc4)no3)cc2)cc1. The highest BCUT2D eigenvalue weighted by molar-refractivity contribution is 7.92. The Hall–Kier alpha value is -4.05. The Kier molecular flexibility index (Phi) is 6.45. The summed E-state index contributed by atoms with van der Waals surface area (Å²) in [5.41, 5.74) is 2.64. The summed E-state index contributed by atoms with van der Waals surface area (Å²) in [5.74, 6) is 0.538. The standard InChI is InChI=1S/C23H21N5O4S/c1-16-4-10-20(11-5-16)33(30,31)28-19-8-6-18(7-9-19)25-21(29)12-13-22-26-23(27-32-22)17-3-2-14-24-15-17/h2-11,14-15,28H,12-13H2,1H3,(H,25,29). The Labute approximate surface area is 190 Å². The van der Waals surface area contributed by atoms with Crippen LogP contribution in [0, 0.1) is 6.92 Å². The second-order valence-corrected chi connectivity index (χ2v) is 8.98. The maximum Gasteiger partial charge on any atom is 0.261 e. The van der Waals surface area contributed by atoms with Crippen LogP contribution in [0.4, 0.5) is 11.4 Å². The summed E-state index contributed by atoms with van der Waals surface area (Å²) in [5, 5.41) is 6.66. The normalized spacial score (nSPS) is 11.2. The summed E-state index contributed by atoms with van der Waals surface area (Å²) in [6.07, 6.45) is 3.72. The average molecular weight is 464 g/mol. The van der Waals surface area contributed by atoms with Crippen molar-refractivity contribution >= 4 is 27.3 Å². The molecular formula is C23H21N5O4S. The molecule has 0 aliphatic carbocycles. The molecule has 4 rings (SSSR count). The summed E-state index contributed by atoms with van der Waals surface area (Å²) in [7, 11) is -3.69. The monoisotopic (exact) mass is 463 g/mol. The van der Waals surface area contributed by atoms with Crippen molar-refractivity contribution in [1.29, 1.82) is 0 Å². The topological polar surface area (TPSA) is 127 Å². The zero-order valence-electron chi connectivity index (χ0n) is 17.7. The van der Waals surface area contributed by atoms with Crippen LogP contribution in [0.15, 0.2) is 82.5 Å². The molecule has 0 atom stereocenters. The highest BCUT2D eigenvalue weighted by Gasteiger charge is 2.14. The van der Waals surface area contributed by atoms with Crippen molar-refractivity contribution in [3.8, 4) is 11.4 Å². The Bertz CT molecular complexity index is 1340. The maximum atomic E-state index is 12.5. The minimum Gasteiger partial charge on any atom is -0.339 e. The van der Waals surface area contributed by atoms with Crippen molar-refractivity contribution in [3.63, 3.8) is 0 Å². The van der Waals surface area contributed by atoms with Crippen molar-refractivity contribution in [1.82, 2.24) is 15.1 Å². The van der Waals surface area contributed by atoms with E-state index >= 15 is 0 Å². The smallest absolute Gasteiger partial charge is 0.261 e. The lowest BCUT2D eigenvalue weighted by atomic mass is 10.2. The van der Waals surface area contributed by atoms with E-state index < -0.39 is 10.0 Å². The van der Waals surface area contributed by atoms with E-state index in [2.05, 4.69) is 25.2 Å². The first kappa shape index (κ1) is 22.2. The van der Waals surface area contributed by atoms with Gasteiger partial charge in [0, 0.05) is 42.2 Å². The molecule has 0 fully saturated rings. The minimum atomic E-state index is -3.69. The molecule has 2 aromatic carbocycles. The number of carbonyl (C=O) groups is 1. The first-order valence-electron chi connectivity index (χ1n) is 10.1. The number of anilines is 2. The van der Waals surface area contributed by atoms with Crippen LogP contribution in [0.3, 0.4) is 0 Å². The lowest BCUT2D eigenvalue weighted by molar-refractivity contribution is -0.116. The largest absolute Gasteiger partial charge is 0.339 e. The van der Waals surface area contributed by atoms with Gasteiger partial charge >= 0.3 is 0 Å². The number of sulfonamides is 1. The number of nitrogens with one attached hydrogen (secondary N) is 2. The predicted molar refractivity (Wildman–Crippen MR) is 123 cm³/mol. The van der Waals surface area contributed by atoms with E-state index in [9.17, 15) is 13.2 Å². The van der Waals surface area contributed by atoms with E-state index in [0.29, 0.717) is 23.1 Å². The quantitative estimate of drug-likeness (QED) is 0.407. The molecule has 0 saturated heterocycles. The average Bonchev–Trinajstić information content (AvgIpc) is 3.29. The molecular weight excluding hydrogens is 442 g/mol. The number of hydrogen-bond donors (Lipinski definition) is 2. The van der Waals surface area contributed by atoms with E-state index in [1.807, 2.05) is 13.0 Å². The summed E-state index contributed by atoms with van der Waals surface area (Å²) >= 11 is 0. The van der Waals surface area contributed by atoms with Crippen LogP contribution in [0.5, 0.6) is 0 Å². The van der Waals surface area contributed by atoms with Crippen molar-refractivity contribution in [2.24, 2.45) is 0 Å². The van der Waals surface area contributed by atoms with E-state index in [1.54, 1.807) is 67.0 Å². The van der Waals surface area contributed by atoms with Gasteiger partial charge in [0.1, 0.15) is 0 Å². The number of aromatic nitrogens is 3. The molecule has 0 bridgehead atoms. The second-order valence-electron chi connectivity index (χ2n) is 7.30. The van der Waals surface area contributed by atoms with Gasteiger partial charge in [0.15, 0.2) is 0 Å².